The minimum atomic E-state index is -3.41. The Morgan fingerprint density at radius 3 is 2.54 bits per heavy atom. The molecule has 0 saturated heterocycles. The summed E-state index contributed by atoms with van der Waals surface area (Å²) in [5.74, 6) is 0.150. The van der Waals surface area contributed by atoms with Gasteiger partial charge in [-0.05, 0) is 30.7 Å². The number of H-pyrrole nitrogens is 1. The van der Waals surface area contributed by atoms with Crippen LogP contribution in [0.15, 0.2) is 64.3 Å². The van der Waals surface area contributed by atoms with E-state index >= 15 is 0 Å². The zero-order chi connectivity index (χ0) is 20.0. The second-order valence-electron chi connectivity index (χ2n) is 6.37. The van der Waals surface area contributed by atoms with Crippen LogP contribution in [0.4, 0.5) is 0 Å². The quantitative estimate of drug-likeness (QED) is 0.601. The lowest BCUT2D eigenvalue weighted by atomic mass is 10.2. The first-order chi connectivity index (χ1) is 13.5. The van der Waals surface area contributed by atoms with Crippen molar-refractivity contribution < 1.29 is 13.2 Å². The van der Waals surface area contributed by atoms with Crippen LogP contribution in [0.3, 0.4) is 0 Å². The van der Waals surface area contributed by atoms with Crippen LogP contribution in [0.25, 0.3) is 10.9 Å². The number of benzene rings is 2. The third-order valence-electron chi connectivity index (χ3n) is 4.27. The van der Waals surface area contributed by atoms with E-state index in [1.54, 1.807) is 36.4 Å². The fourth-order valence-corrected chi connectivity index (χ4v) is 4.01. The first-order valence-electron chi connectivity index (χ1n) is 8.98. The Morgan fingerprint density at radius 2 is 1.75 bits per heavy atom. The summed E-state index contributed by atoms with van der Waals surface area (Å²) < 4.78 is 24.3. The minimum Gasteiger partial charge on any atom is -0.355 e. The summed E-state index contributed by atoms with van der Waals surface area (Å²) in [6.45, 7) is 0.0567. The molecule has 0 unspecified atom stereocenters. The molecule has 0 saturated carbocycles. The predicted molar refractivity (Wildman–Crippen MR) is 107 cm³/mol. The molecule has 0 atom stereocenters. The van der Waals surface area contributed by atoms with Crippen LogP contribution in [0, 0.1) is 0 Å². The van der Waals surface area contributed by atoms with E-state index in [4.69, 9.17) is 0 Å². The Hall–Kier alpha value is -3.00. The zero-order valence-electron chi connectivity index (χ0n) is 15.2. The van der Waals surface area contributed by atoms with Crippen molar-refractivity contribution in [3.05, 3.63) is 70.8 Å². The molecule has 3 rings (SSSR count). The minimum absolute atomic E-state index is 0.0567. The largest absolute Gasteiger partial charge is 0.355 e. The van der Waals surface area contributed by atoms with Gasteiger partial charge in [-0.1, -0.05) is 30.3 Å². The highest BCUT2D eigenvalue weighted by molar-refractivity contribution is 7.91. The van der Waals surface area contributed by atoms with Gasteiger partial charge in [-0.15, -0.1) is 0 Å². The van der Waals surface area contributed by atoms with Crippen LogP contribution in [-0.2, 0) is 21.1 Å². The fraction of sp³-hybridized carbons (Fsp3) is 0.250. The maximum atomic E-state index is 12.2. The van der Waals surface area contributed by atoms with Crippen molar-refractivity contribution in [2.24, 2.45) is 0 Å². The highest BCUT2D eigenvalue weighted by Crippen LogP contribution is 2.09. The molecule has 146 valence electrons. The van der Waals surface area contributed by atoms with Crippen LogP contribution >= 0.6 is 0 Å². The molecule has 0 aliphatic rings. The molecule has 2 aromatic carbocycles. The van der Waals surface area contributed by atoms with Crippen molar-refractivity contribution in [1.82, 2.24) is 15.3 Å². The third-order valence-corrected chi connectivity index (χ3v) is 6.01. The van der Waals surface area contributed by atoms with Crippen LogP contribution in [0.2, 0.25) is 0 Å². The van der Waals surface area contributed by atoms with Crippen molar-refractivity contribution in [1.29, 1.82) is 0 Å². The summed E-state index contributed by atoms with van der Waals surface area (Å²) >= 11 is 0. The van der Waals surface area contributed by atoms with Gasteiger partial charge in [-0.25, -0.2) is 13.4 Å². The Labute approximate surface area is 162 Å². The first kappa shape index (κ1) is 19.8. The molecular formula is C20H21N3O4S. The lowest BCUT2D eigenvalue weighted by Crippen LogP contribution is -2.29. The summed E-state index contributed by atoms with van der Waals surface area (Å²) in [4.78, 5) is 31.3. The van der Waals surface area contributed by atoms with Crippen molar-refractivity contribution >= 4 is 26.6 Å². The second kappa shape index (κ2) is 8.79. The standard InChI is InChI=1S/C20H21N3O4S/c24-19(21-13-14-28(26,27)15-7-2-1-3-8-15)12-6-11-18-22-17-10-5-4-9-16(17)20(25)23-18/h1-5,7-10H,6,11-14H2,(H,21,24)(H,22,23,25). The van der Waals surface area contributed by atoms with E-state index in [1.165, 1.54) is 12.1 Å². The number of nitrogens with one attached hydrogen (secondary N) is 2. The number of amides is 1. The van der Waals surface area contributed by atoms with E-state index in [2.05, 4.69) is 15.3 Å². The predicted octanol–water partition coefficient (Wildman–Crippen LogP) is 1.84. The lowest BCUT2D eigenvalue weighted by Gasteiger charge is -2.07. The Kier molecular flexibility index (Phi) is 6.20. The summed E-state index contributed by atoms with van der Waals surface area (Å²) in [7, 11) is -3.41. The number of rotatable bonds is 8. The molecule has 1 amide bonds. The summed E-state index contributed by atoms with van der Waals surface area (Å²) in [6.07, 6.45) is 1.18. The van der Waals surface area contributed by atoms with Crippen LogP contribution < -0.4 is 10.9 Å². The number of hydrogen-bond donors (Lipinski definition) is 2. The highest BCUT2D eigenvalue weighted by atomic mass is 32.2. The van der Waals surface area contributed by atoms with Gasteiger partial charge in [0.15, 0.2) is 9.84 Å². The van der Waals surface area contributed by atoms with Gasteiger partial charge in [0.25, 0.3) is 5.56 Å². The van der Waals surface area contributed by atoms with E-state index in [0.29, 0.717) is 29.6 Å². The number of carbonyl (C=O) groups excluding carboxylic acids is 1. The molecule has 1 aromatic heterocycles. The average Bonchev–Trinajstić information content (AvgIpc) is 2.69. The number of aromatic nitrogens is 2. The number of fused-ring (bicyclic) bond motifs is 1. The molecule has 0 spiro atoms. The van der Waals surface area contributed by atoms with Gasteiger partial charge in [-0.3, -0.25) is 9.59 Å². The smallest absolute Gasteiger partial charge is 0.258 e. The first-order valence-corrected chi connectivity index (χ1v) is 10.6. The average molecular weight is 399 g/mol. The lowest BCUT2D eigenvalue weighted by molar-refractivity contribution is -0.121. The molecular weight excluding hydrogens is 378 g/mol. The number of para-hydroxylation sites is 1. The Bertz CT molecular complexity index is 1120. The van der Waals surface area contributed by atoms with E-state index in [-0.39, 0.29) is 35.1 Å². The summed E-state index contributed by atoms with van der Waals surface area (Å²) in [6, 6.07) is 15.2. The van der Waals surface area contributed by atoms with Gasteiger partial charge < -0.3 is 10.3 Å². The number of carbonyl (C=O) groups is 1. The van der Waals surface area contributed by atoms with E-state index in [0.717, 1.165) is 0 Å². The third kappa shape index (κ3) is 5.04. The molecule has 0 radical (unpaired) electrons. The maximum Gasteiger partial charge on any atom is 0.258 e. The molecule has 0 bridgehead atoms. The summed E-state index contributed by atoms with van der Waals surface area (Å²) in [5, 5.41) is 3.16. The number of aromatic amines is 1. The molecule has 1 heterocycles. The van der Waals surface area contributed by atoms with Gasteiger partial charge in [-0.2, -0.15) is 0 Å². The fourth-order valence-electron chi connectivity index (χ4n) is 2.83. The van der Waals surface area contributed by atoms with Gasteiger partial charge in [0, 0.05) is 19.4 Å². The molecule has 0 aliphatic carbocycles. The van der Waals surface area contributed by atoms with Gasteiger partial charge in [0.1, 0.15) is 5.82 Å². The zero-order valence-corrected chi connectivity index (χ0v) is 16.0. The van der Waals surface area contributed by atoms with Crippen molar-refractivity contribution in [2.75, 3.05) is 12.3 Å². The molecule has 0 aliphatic heterocycles. The molecule has 7 nitrogen and oxygen atoms in total. The monoisotopic (exact) mass is 399 g/mol. The van der Waals surface area contributed by atoms with Gasteiger partial charge in [0.2, 0.25) is 5.91 Å². The Balaban J connectivity index is 1.46. The van der Waals surface area contributed by atoms with E-state index in [9.17, 15) is 18.0 Å². The molecule has 28 heavy (non-hydrogen) atoms. The SMILES string of the molecule is O=C(CCCc1nc2ccccc2c(=O)[nH]1)NCCS(=O)(=O)c1ccccc1. The molecule has 3 aromatic rings. The number of hydrogen-bond acceptors (Lipinski definition) is 5. The van der Waals surface area contributed by atoms with Crippen LogP contribution in [-0.4, -0.2) is 36.6 Å². The molecule has 2 N–H and O–H groups in total. The van der Waals surface area contributed by atoms with Crippen molar-refractivity contribution in [3.8, 4) is 0 Å². The Morgan fingerprint density at radius 1 is 1.04 bits per heavy atom. The van der Waals surface area contributed by atoms with Gasteiger partial charge >= 0.3 is 0 Å². The van der Waals surface area contributed by atoms with E-state index < -0.39 is 9.84 Å². The molecule has 0 fully saturated rings. The van der Waals surface area contributed by atoms with E-state index in [1.807, 2.05) is 6.07 Å². The normalized spacial score (nSPS) is 11.4. The van der Waals surface area contributed by atoms with Crippen LogP contribution in [0.1, 0.15) is 18.7 Å². The van der Waals surface area contributed by atoms with Crippen molar-refractivity contribution in [2.45, 2.75) is 24.2 Å². The van der Waals surface area contributed by atoms with Crippen LogP contribution in [0.5, 0.6) is 0 Å². The topological polar surface area (TPSA) is 109 Å². The van der Waals surface area contributed by atoms with Gasteiger partial charge in [0.05, 0.1) is 21.6 Å². The second-order valence-corrected chi connectivity index (χ2v) is 8.47. The summed E-state index contributed by atoms with van der Waals surface area (Å²) in [5.41, 5.74) is 0.424. The highest BCUT2D eigenvalue weighted by Gasteiger charge is 2.14. The number of nitrogens with zero attached hydrogens (tertiary/aromatic N) is 1. The number of sulfone groups is 1. The number of aryl methyl sites for hydroxylation is 1. The molecule has 8 heteroatoms. The maximum absolute atomic E-state index is 12.2. The van der Waals surface area contributed by atoms with Crippen molar-refractivity contribution in [3.63, 3.8) is 0 Å².